The minimum atomic E-state index is -0.569. The molecule has 0 spiro atoms. The summed E-state index contributed by atoms with van der Waals surface area (Å²) in [4.78, 5) is 25.3. The number of aryl methyl sites for hydroxylation is 1. The standard InChI is InChI=1S/C19H25N5O4/c1-2-3-16-18(24(27)28)17(22-21-16)19(26)20-10-13-4-6-14(7-5-13)11-23-9-8-15(25)12-23/h4-7,15,25H,2-3,8-12H2,1H3,(H,20,26)(H,21,22). The summed E-state index contributed by atoms with van der Waals surface area (Å²) in [6.45, 7) is 4.53. The molecule has 150 valence electrons. The van der Waals surface area contributed by atoms with Crippen LogP contribution in [0.25, 0.3) is 0 Å². The molecule has 1 atom stereocenters. The van der Waals surface area contributed by atoms with Gasteiger partial charge < -0.3 is 10.4 Å². The van der Waals surface area contributed by atoms with Crippen LogP contribution in [0.15, 0.2) is 24.3 Å². The van der Waals surface area contributed by atoms with Crippen LogP contribution in [0, 0.1) is 10.1 Å². The van der Waals surface area contributed by atoms with E-state index in [1.807, 2.05) is 31.2 Å². The molecule has 3 rings (SSSR count). The fourth-order valence-corrected chi connectivity index (χ4v) is 3.39. The number of rotatable bonds is 8. The molecule has 1 aliphatic heterocycles. The number of aromatic nitrogens is 2. The maximum absolute atomic E-state index is 12.4. The fourth-order valence-electron chi connectivity index (χ4n) is 3.39. The van der Waals surface area contributed by atoms with Crippen molar-refractivity contribution in [1.29, 1.82) is 0 Å². The summed E-state index contributed by atoms with van der Waals surface area (Å²) in [5.41, 5.74) is 1.97. The zero-order chi connectivity index (χ0) is 20.1. The minimum Gasteiger partial charge on any atom is -0.392 e. The normalized spacial score (nSPS) is 17.0. The summed E-state index contributed by atoms with van der Waals surface area (Å²) >= 11 is 0. The van der Waals surface area contributed by atoms with Crippen LogP contribution in [0.3, 0.4) is 0 Å². The largest absolute Gasteiger partial charge is 0.392 e. The van der Waals surface area contributed by atoms with E-state index in [2.05, 4.69) is 20.4 Å². The Morgan fingerprint density at radius 2 is 2.11 bits per heavy atom. The van der Waals surface area contributed by atoms with Gasteiger partial charge in [-0.05, 0) is 24.0 Å². The van der Waals surface area contributed by atoms with Gasteiger partial charge in [0.1, 0.15) is 5.69 Å². The lowest BCUT2D eigenvalue weighted by Gasteiger charge is -2.15. The summed E-state index contributed by atoms with van der Waals surface area (Å²) in [5, 5.41) is 30.0. The predicted octanol–water partition coefficient (Wildman–Crippen LogP) is 1.77. The fraction of sp³-hybridized carbons (Fsp3) is 0.474. The van der Waals surface area contributed by atoms with Gasteiger partial charge in [0.15, 0.2) is 0 Å². The number of aromatic amines is 1. The molecular weight excluding hydrogens is 362 g/mol. The second kappa shape index (κ2) is 8.94. The van der Waals surface area contributed by atoms with Gasteiger partial charge in [-0.1, -0.05) is 37.6 Å². The van der Waals surface area contributed by atoms with Crippen molar-refractivity contribution in [2.45, 2.75) is 45.4 Å². The highest BCUT2D eigenvalue weighted by molar-refractivity contribution is 5.96. The number of hydrogen-bond donors (Lipinski definition) is 3. The number of hydrogen-bond acceptors (Lipinski definition) is 6. The Morgan fingerprint density at radius 1 is 1.39 bits per heavy atom. The van der Waals surface area contributed by atoms with Crippen molar-refractivity contribution in [3.63, 3.8) is 0 Å². The van der Waals surface area contributed by atoms with E-state index in [0.717, 1.165) is 30.6 Å². The van der Waals surface area contributed by atoms with Crippen LogP contribution in [-0.2, 0) is 19.5 Å². The lowest BCUT2D eigenvalue weighted by Crippen LogP contribution is -2.24. The number of H-pyrrole nitrogens is 1. The number of carbonyl (C=O) groups excluding carboxylic acids is 1. The molecule has 9 nitrogen and oxygen atoms in total. The predicted molar refractivity (Wildman–Crippen MR) is 103 cm³/mol. The maximum atomic E-state index is 12.4. The molecule has 2 aromatic rings. The summed E-state index contributed by atoms with van der Waals surface area (Å²) < 4.78 is 0. The lowest BCUT2D eigenvalue weighted by atomic mass is 10.1. The second-order valence-corrected chi connectivity index (χ2v) is 7.08. The van der Waals surface area contributed by atoms with Crippen molar-refractivity contribution in [2.24, 2.45) is 0 Å². The van der Waals surface area contributed by atoms with Gasteiger partial charge in [0, 0.05) is 26.2 Å². The molecule has 1 amide bonds. The summed E-state index contributed by atoms with van der Waals surface area (Å²) in [7, 11) is 0. The van der Waals surface area contributed by atoms with Crippen LogP contribution in [0.5, 0.6) is 0 Å². The highest BCUT2D eigenvalue weighted by Gasteiger charge is 2.28. The molecule has 0 radical (unpaired) electrons. The summed E-state index contributed by atoms with van der Waals surface area (Å²) in [5.74, 6) is -0.569. The van der Waals surface area contributed by atoms with Crippen LogP contribution in [-0.4, -0.2) is 50.2 Å². The zero-order valence-corrected chi connectivity index (χ0v) is 15.9. The molecule has 28 heavy (non-hydrogen) atoms. The minimum absolute atomic E-state index is 0.183. The van der Waals surface area contributed by atoms with E-state index in [1.165, 1.54) is 0 Å². The molecular formula is C19H25N5O4. The van der Waals surface area contributed by atoms with Crippen molar-refractivity contribution in [3.8, 4) is 0 Å². The number of carbonyl (C=O) groups is 1. The third kappa shape index (κ3) is 4.73. The number of nitrogens with one attached hydrogen (secondary N) is 2. The van der Waals surface area contributed by atoms with E-state index >= 15 is 0 Å². The van der Waals surface area contributed by atoms with Gasteiger partial charge >= 0.3 is 5.69 Å². The molecule has 0 aliphatic carbocycles. The number of amides is 1. The zero-order valence-electron chi connectivity index (χ0n) is 15.9. The average molecular weight is 387 g/mol. The molecule has 3 N–H and O–H groups in total. The molecule has 1 saturated heterocycles. The number of β-amino-alcohol motifs (C(OH)–C–C–N with tert-alkyl or cyclic N) is 1. The van der Waals surface area contributed by atoms with Crippen molar-refractivity contribution in [2.75, 3.05) is 13.1 Å². The van der Waals surface area contributed by atoms with Crippen molar-refractivity contribution >= 4 is 11.6 Å². The first kappa shape index (κ1) is 20.0. The average Bonchev–Trinajstić information content (AvgIpc) is 3.27. The van der Waals surface area contributed by atoms with E-state index in [4.69, 9.17) is 0 Å². The smallest absolute Gasteiger partial charge is 0.322 e. The Bertz CT molecular complexity index is 833. The monoisotopic (exact) mass is 387 g/mol. The van der Waals surface area contributed by atoms with E-state index < -0.39 is 10.8 Å². The third-order valence-corrected chi connectivity index (χ3v) is 4.84. The molecule has 0 bridgehead atoms. The van der Waals surface area contributed by atoms with E-state index in [0.29, 0.717) is 25.1 Å². The Balaban J connectivity index is 1.58. The van der Waals surface area contributed by atoms with Crippen LogP contribution in [0.4, 0.5) is 5.69 Å². The summed E-state index contributed by atoms with van der Waals surface area (Å²) in [6, 6.07) is 7.82. The number of aliphatic hydroxyl groups is 1. The van der Waals surface area contributed by atoms with Gasteiger partial charge in [-0.3, -0.25) is 24.9 Å². The molecule has 1 unspecified atom stereocenters. The number of aliphatic hydroxyl groups excluding tert-OH is 1. The molecule has 1 fully saturated rings. The SMILES string of the molecule is CCCc1[nH]nc(C(=O)NCc2ccc(CN3CCC(O)C3)cc2)c1[N+](=O)[O-]. The molecule has 0 saturated carbocycles. The van der Waals surface area contributed by atoms with Gasteiger partial charge in [0.25, 0.3) is 5.91 Å². The van der Waals surface area contributed by atoms with E-state index in [1.54, 1.807) is 0 Å². The van der Waals surface area contributed by atoms with Gasteiger partial charge in [-0.2, -0.15) is 5.10 Å². The van der Waals surface area contributed by atoms with E-state index in [-0.39, 0.29) is 24.0 Å². The van der Waals surface area contributed by atoms with Gasteiger partial charge in [0.05, 0.1) is 11.0 Å². The molecule has 9 heteroatoms. The Labute approximate surface area is 162 Å². The highest BCUT2D eigenvalue weighted by Crippen LogP contribution is 2.22. The first-order valence-corrected chi connectivity index (χ1v) is 9.46. The van der Waals surface area contributed by atoms with Gasteiger partial charge in [-0.15, -0.1) is 0 Å². The van der Waals surface area contributed by atoms with Gasteiger partial charge in [0.2, 0.25) is 5.69 Å². The number of nitrogens with zero attached hydrogens (tertiary/aromatic N) is 3. The second-order valence-electron chi connectivity index (χ2n) is 7.08. The number of nitro groups is 1. The number of likely N-dealkylation sites (tertiary alicyclic amines) is 1. The molecule has 2 heterocycles. The van der Waals surface area contributed by atoms with Crippen molar-refractivity contribution in [3.05, 3.63) is 56.9 Å². The van der Waals surface area contributed by atoms with Crippen LogP contribution in [0.1, 0.15) is 47.1 Å². The first-order chi connectivity index (χ1) is 13.5. The molecule has 1 aromatic heterocycles. The lowest BCUT2D eigenvalue weighted by molar-refractivity contribution is -0.385. The highest BCUT2D eigenvalue weighted by atomic mass is 16.6. The van der Waals surface area contributed by atoms with Gasteiger partial charge in [-0.25, -0.2) is 0 Å². The molecule has 1 aromatic carbocycles. The molecule has 1 aliphatic rings. The van der Waals surface area contributed by atoms with Crippen LogP contribution in [0.2, 0.25) is 0 Å². The first-order valence-electron chi connectivity index (χ1n) is 9.46. The quantitative estimate of drug-likeness (QED) is 0.468. The summed E-state index contributed by atoms with van der Waals surface area (Å²) in [6.07, 6.45) is 1.75. The Morgan fingerprint density at radius 3 is 2.71 bits per heavy atom. The van der Waals surface area contributed by atoms with E-state index in [9.17, 15) is 20.0 Å². The number of benzene rings is 1. The van der Waals surface area contributed by atoms with Crippen molar-refractivity contribution in [1.82, 2.24) is 20.4 Å². The van der Waals surface area contributed by atoms with Crippen LogP contribution >= 0.6 is 0 Å². The van der Waals surface area contributed by atoms with Crippen LogP contribution < -0.4 is 5.32 Å². The Hall–Kier alpha value is -2.78. The van der Waals surface area contributed by atoms with Crippen molar-refractivity contribution < 1.29 is 14.8 Å². The maximum Gasteiger partial charge on any atom is 0.322 e. The Kier molecular flexibility index (Phi) is 6.37. The third-order valence-electron chi connectivity index (χ3n) is 4.84. The topological polar surface area (TPSA) is 124 Å².